The van der Waals surface area contributed by atoms with E-state index in [0.717, 1.165) is 38.4 Å². The van der Waals surface area contributed by atoms with E-state index in [4.69, 9.17) is 4.74 Å². The zero-order valence-corrected chi connectivity index (χ0v) is 13.7. The summed E-state index contributed by atoms with van der Waals surface area (Å²) in [7, 11) is 0. The third kappa shape index (κ3) is 4.80. The molecule has 2 fully saturated rings. The molecular formula is C16H25ClFN3O. The van der Waals surface area contributed by atoms with E-state index in [1.54, 1.807) is 12.3 Å². The molecule has 2 saturated heterocycles. The van der Waals surface area contributed by atoms with Crippen LogP contribution in [0.15, 0.2) is 18.3 Å². The van der Waals surface area contributed by atoms with E-state index in [1.165, 1.54) is 32.0 Å². The van der Waals surface area contributed by atoms with E-state index < -0.39 is 0 Å². The molecule has 6 heteroatoms. The molecule has 3 heterocycles. The van der Waals surface area contributed by atoms with Gasteiger partial charge in [-0.25, -0.2) is 9.37 Å². The highest BCUT2D eigenvalue weighted by atomic mass is 35.5. The minimum atomic E-state index is -0.367. The number of piperidine rings is 2. The molecule has 3 rings (SSSR count). The molecule has 1 atom stereocenters. The molecule has 0 aliphatic carbocycles. The minimum absolute atomic E-state index is 0. The molecule has 22 heavy (non-hydrogen) atoms. The molecule has 2 aliphatic rings. The van der Waals surface area contributed by atoms with Gasteiger partial charge in [-0.05, 0) is 56.8 Å². The van der Waals surface area contributed by atoms with Gasteiger partial charge in [0.2, 0.25) is 0 Å². The van der Waals surface area contributed by atoms with E-state index >= 15 is 0 Å². The largest absolute Gasteiger partial charge is 0.472 e. The first-order valence-electron chi connectivity index (χ1n) is 8.01. The van der Waals surface area contributed by atoms with Crippen LogP contribution in [0.2, 0.25) is 0 Å². The predicted octanol–water partition coefficient (Wildman–Crippen LogP) is 2.49. The molecule has 124 valence electrons. The van der Waals surface area contributed by atoms with Gasteiger partial charge in [0.05, 0.1) is 0 Å². The summed E-state index contributed by atoms with van der Waals surface area (Å²) in [6.07, 6.45) is 6.21. The van der Waals surface area contributed by atoms with Crippen LogP contribution in [0.4, 0.5) is 4.39 Å². The van der Waals surface area contributed by atoms with Crippen molar-refractivity contribution in [1.82, 2.24) is 15.2 Å². The lowest BCUT2D eigenvalue weighted by atomic mass is 9.97. The number of hydrogen-bond acceptors (Lipinski definition) is 4. The van der Waals surface area contributed by atoms with Crippen molar-refractivity contribution in [1.29, 1.82) is 0 Å². The fraction of sp³-hybridized carbons (Fsp3) is 0.688. The van der Waals surface area contributed by atoms with Gasteiger partial charge in [0, 0.05) is 25.8 Å². The lowest BCUT2D eigenvalue weighted by molar-refractivity contribution is 0.0818. The van der Waals surface area contributed by atoms with Crippen LogP contribution in [0.5, 0.6) is 5.88 Å². The SMILES string of the molecule is Cl.Fc1cccnc1OC1CCN(CC2CCCNC2)CC1. The Morgan fingerprint density at radius 1 is 1.32 bits per heavy atom. The summed E-state index contributed by atoms with van der Waals surface area (Å²) in [5.41, 5.74) is 0. The van der Waals surface area contributed by atoms with Crippen LogP contribution in [-0.4, -0.2) is 48.7 Å². The molecule has 2 aliphatic heterocycles. The van der Waals surface area contributed by atoms with Gasteiger partial charge in [-0.1, -0.05) is 0 Å². The van der Waals surface area contributed by atoms with Crippen LogP contribution in [0.3, 0.4) is 0 Å². The number of ether oxygens (including phenoxy) is 1. The van der Waals surface area contributed by atoms with Crippen LogP contribution in [0.1, 0.15) is 25.7 Å². The Labute approximate surface area is 137 Å². The first-order valence-corrected chi connectivity index (χ1v) is 8.01. The first kappa shape index (κ1) is 17.4. The molecule has 1 N–H and O–H groups in total. The lowest BCUT2D eigenvalue weighted by Crippen LogP contribution is -2.43. The molecule has 1 aromatic heterocycles. The van der Waals surface area contributed by atoms with Crippen LogP contribution < -0.4 is 10.1 Å². The highest BCUT2D eigenvalue weighted by Crippen LogP contribution is 2.21. The van der Waals surface area contributed by atoms with Crippen molar-refractivity contribution in [2.24, 2.45) is 5.92 Å². The van der Waals surface area contributed by atoms with Crippen LogP contribution in [0, 0.1) is 11.7 Å². The second-order valence-corrected chi connectivity index (χ2v) is 6.12. The summed E-state index contributed by atoms with van der Waals surface area (Å²) in [5, 5.41) is 3.47. The van der Waals surface area contributed by atoms with Gasteiger partial charge in [-0.2, -0.15) is 0 Å². The average Bonchev–Trinajstić information content (AvgIpc) is 2.52. The number of nitrogens with zero attached hydrogens (tertiary/aromatic N) is 2. The van der Waals surface area contributed by atoms with E-state index in [0.29, 0.717) is 0 Å². The second kappa shape index (κ2) is 8.65. The molecular weight excluding hydrogens is 305 g/mol. The monoisotopic (exact) mass is 329 g/mol. The Morgan fingerprint density at radius 3 is 2.82 bits per heavy atom. The zero-order chi connectivity index (χ0) is 14.5. The summed E-state index contributed by atoms with van der Waals surface area (Å²) in [6.45, 7) is 5.57. The van der Waals surface area contributed by atoms with Gasteiger partial charge in [0.25, 0.3) is 5.88 Å². The Morgan fingerprint density at radius 2 is 2.14 bits per heavy atom. The number of likely N-dealkylation sites (tertiary alicyclic amines) is 1. The molecule has 0 spiro atoms. The minimum Gasteiger partial charge on any atom is -0.472 e. The highest BCUT2D eigenvalue weighted by Gasteiger charge is 2.24. The maximum absolute atomic E-state index is 13.5. The van der Waals surface area contributed by atoms with Gasteiger partial charge in [0.1, 0.15) is 6.10 Å². The summed E-state index contributed by atoms with van der Waals surface area (Å²) in [5.74, 6) is 0.560. The number of aromatic nitrogens is 1. The summed E-state index contributed by atoms with van der Waals surface area (Å²) in [6, 6.07) is 2.98. The Hall–Kier alpha value is -0.910. The van der Waals surface area contributed by atoms with E-state index in [2.05, 4.69) is 15.2 Å². The van der Waals surface area contributed by atoms with Crippen LogP contribution >= 0.6 is 12.4 Å². The van der Waals surface area contributed by atoms with Crippen LogP contribution in [0.25, 0.3) is 0 Å². The fourth-order valence-electron chi connectivity index (χ4n) is 3.27. The number of pyridine rings is 1. The molecule has 0 saturated carbocycles. The molecule has 4 nitrogen and oxygen atoms in total. The van der Waals surface area contributed by atoms with Crippen molar-refractivity contribution in [3.8, 4) is 5.88 Å². The van der Waals surface area contributed by atoms with Crippen molar-refractivity contribution in [3.05, 3.63) is 24.1 Å². The molecule has 0 radical (unpaired) electrons. The number of hydrogen-bond donors (Lipinski definition) is 1. The van der Waals surface area contributed by atoms with Crippen molar-refractivity contribution >= 4 is 12.4 Å². The summed E-state index contributed by atoms with van der Waals surface area (Å²) >= 11 is 0. The van der Waals surface area contributed by atoms with E-state index in [9.17, 15) is 4.39 Å². The fourth-order valence-corrected chi connectivity index (χ4v) is 3.27. The molecule has 0 amide bonds. The van der Waals surface area contributed by atoms with Gasteiger partial charge < -0.3 is 15.0 Å². The van der Waals surface area contributed by atoms with E-state index in [1.807, 2.05) is 0 Å². The van der Waals surface area contributed by atoms with Crippen molar-refractivity contribution < 1.29 is 9.13 Å². The molecule has 1 aromatic rings. The second-order valence-electron chi connectivity index (χ2n) is 6.12. The highest BCUT2D eigenvalue weighted by molar-refractivity contribution is 5.85. The average molecular weight is 330 g/mol. The zero-order valence-electron chi connectivity index (χ0n) is 12.8. The molecule has 0 bridgehead atoms. The first-order chi connectivity index (χ1) is 10.3. The molecule has 0 aromatic carbocycles. The van der Waals surface area contributed by atoms with Gasteiger partial charge >= 0.3 is 0 Å². The maximum atomic E-state index is 13.5. The Balaban J connectivity index is 0.00000176. The smallest absolute Gasteiger partial charge is 0.250 e. The third-order valence-corrected chi connectivity index (χ3v) is 4.45. The maximum Gasteiger partial charge on any atom is 0.250 e. The Bertz CT molecular complexity index is 449. The van der Waals surface area contributed by atoms with Crippen LogP contribution in [-0.2, 0) is 0 Å². The van der Waals surface area contributed by atoms with Crippen molar-refractivity contribution in [3.63, 3.8) is 0 Å². The quantitative estimate of drug-likeness (QED) is 0.921. The number of halogens is 2. The predicted molar refractivity (Wildman–Crippen MR) is 87.1 cm³/mol. The number of nitrogens with one attached hydrogen (secondary N) is 1. The topological polar surface area (TPSA) is 37.4 Å². The summed E-state index contributed by atoms with van der Waals surface area (Å²) < 4.78 is 19.2. The van der Waals surface area contributed by atoms with Gasteiger partial charge in [-0.15, -0.1) is 12.4 Å². The van der Waals surface area contributed by atoms with E-state index in [-0.39, 0.29) is 30.2 Å². The standard InChI is InChI=1S/C16H24FN3O.ClH/c17-15-4-2-8-19-16(15)21-14-5-9-20(10-6-14)12-13-3-1-7-18-11-13;/h2,4,8,13-14,18H,1,3,5-7,9-12H2;1H. The third-order valence-electron chi connectivity index (χ3n) is 4.45. The summed E-state index contributed by atoms with van der Waals surface area (Å²) in [4.78, 5) is 6.49. The number of rotatable bonds is 4. The van der Waals surface area contributed by atoms with Crippen molar-refractivity contribution in [2.75, 3.05) is 32.7 Å². The van der Waals surface area contributed by atoms with Crippen molar-refractivity contribution in [2.45, 2.75) is 31.8 Å². The van der Waals surface area contributed by atoms with Gasteiger partial charge in [-0.3, -0.25) is 0 Å². The Kier molecular flexibility index (Phi) is 6.86. The van der Waals surface area contributed by atoms with Gasteiger partial charge in [0.15, 0.2) is 5.82 Å². The lowest BCUT2D eigenvalue weighted by Gasteiger charge is -2.35. The molecule has 1 unspecified atom stereocenters. The normalized spacial score (nSPS) is 23.8.